The Labute approximate surface area is 239 Å². The van der Waals surface area contributed by atoms with E-state index in [-0.39, 0.29) is 17.3 Å². The lowest BCUT2D eigenvalue weighted by molar-refractivity contribution is 0.108. The first-order valence-electron chi connectivity index (χ1n) is 14.3. The number of hydrogen-bond acceptors (Lipinski definition) is 5. The third-order valence-corrected chi connectivity index (χ3v) is 8.26. The van der Waals surface area contributed by atoms with Crippen LogP contribution in [0.4, 0.5) is 0 Å². The minimum absolute atomic E-state index is 0.254. The second-order valence-electron chi connectivity index (χ2n) is 10.8. The predicted molar refractivity (Wildman–Crippen MR) is 163 cm³/mol. The first-order valence-corrected chi connectivity index (χ1v) is 14.3. The van der Waals surface area contributed by atoms with E-state index in [4.69, 9.17) is 4.98 Å². The van der Waals surface area contributed by atoms with Crippen LogP contribution in [-0.2, 0) is 20.5 Å². The van der Waals surface area contributed by atoms with E-state index in [9.17, 15) is 9.59 Å². The molecule has 0 radical (unpaired) electrons. The van der Waals surface area contributed by atoms with Crippen molar-refractivity contribution in [2.45, 2.75) is 18.9 Å². The number of aromatic nitrogens is 4. The maximum Gasteiger partial charge on any atom is 0.337 e. The fraction of sp³-hybridized carbons (Fsp3) is 0.303. The molecule has 0 amide bonds. The Bertz CT molecular complexity index is 1690. The fourth-order valence-corrected chi connectivity index (χ4v) is 6.03. The first-order chi connectivity index (χ1) is 20.0. The number of hydrogen-bond donors (Lipinski definition) is 0. The number of rotatable bonds is 8. The molecule has 0 bridgehead atoms. The summed E-state index contributed by atoms with van der Waals surface area (Å²) >= 11 is 0. The molecule has 0 spiro atoms. The van der Waals surface area contributed by atoms with Gasteiger partial charge in [0.1, 0.15) is 5.82 Å². The minimum Gasteiger partial charge on any atom is -0.325 e. The van der Waals surface area contributed by atoms with Gasteiger partial charge >= 0.3 is 5.69 Å². The average molecular weight is 549 g/mol. The van der Waals surface area contributed by atoms with Gasteiger partial charge in [-0.15, -0.1) is 0 Å². The molecule has 2 aromatic heterocycles. The highest BCUT2D eigenvalue weighted by Crippen LogP contribution is 2.29. The largest absolute Gasteiger partial charge is 0.337 e. The van der Waals surface area contributed by atoms with Gasteiger partial charge in [0.2, 0.25) is 0 Å². The molecule has 210 valence electrons. The van der Waals surface area contributed by atoms with Gasteiger partial charge in [-0.25, -0.2) is 14.3 Å². The van der Waals surface area contributed by atoms with E-state index >= 15 is 0 Å². The molecule has 0 N–H and O–H groups in total. The number of para-hydroxylation sites is 1. The van der Waals surface area contributed by atoms with E-state index < -0.39 is 0 Å². The van der Waals surface area contributed by atoms with Gasteiger partial charge in [0.15, 0.2) is 11.2 Å². The Balaban J connectivity index is 1.15. The van der Waals surface area contributed by atoms with Gasteiger partial charge in [0.05, 0.1) is 11.7 Å². The lowest BCUT2D eigenvalue weighted by Gasteiger charge is -2.39. The third-order valence-electron chi connectivity index (χ3n) is 8.26. The van der Waals surface area contributed by atoms with E-state index in [1.807, 2.05) is 41.9 Å². The summed E-state index contributed by atoms with van der Waals surface area (Å²) in [4.78, 5) is 36.1. The average Bonchev–Trinajstić information content (AvgIpc) is 3.34. The molecule has 3 aromatic carbocycles. The molecule has 5 aromatic rings. The van der Waals surface area contributed by atoms with Crippen molar-refractivity contribution in [1.29, 1.82) is 0 Å². The molecule has 1 aliphatic rings. The summed E-state index contributed by atoms with van der Waals surface area (Å²) in [5.41, 5.74) is 3.52. The number of benzene rings is 3. The van der Waals surface area contributed by atoms with Gasteiger partial charge in [-0.3, -0.25) is 14.3 Å². The highest BCUT2D eigenvalue weighted by molar-refractivity contribution is 5.73. The summed E-state index contributed by atoms with van der Waals surface area (Å²) in [5, 5.41) is 0. The number of piperazine rings is 1. The van der Waals surface area contributed by atoms with Crippen molar-refractivity contribution in [2.75, 3.05) is 32.7 Å². The summed E-state index contributed by atoms with van der Waals surface area (Å²) in [6, 6.07) is 31.2. The van der Waals surface area contributed by atoms with Crippen molar-refractivity contribution < 1.29 is 0 Å². The molecule has 6 rings (SSSR count). The van der Waals surface area contributed by atoms with E-state index in [2.05, 4.69) is 70.5 Å². The molecule has 1 fully saturated rings. The standard InChI is InChI=1S/C33H36N6O2/c1-35-28(34-31-30(35)32(40)36(2)33(41)39(31)27-17-10-5-11-18-27)19-12-20-37-21-23-38(24-22-37)29(25-13-6-3-7-14-25)26-15-8-4-9-16-26/h3-11,13-18,29H,12,19-24H2,1-2H3. The van der Waals surface area contributed by atoms with Crippen LogP contribution >= 0.6 is 0 Å². The predicted octanol–water partition coefficient (Wildman–Crippen LogP) is 3.76. The van der Waals surface area contributed by atoms with Gasteiger partial charge in [0.25, 0.3) is 5.56 Å². The Morgan fingerprint density at radius 1 is 0.732 bits per heavy atom. The molecule has 1 aliphatic heterocycles. The van der Waals surface area contributed by atoms with Crippen molar-refractivity contribution in [1.82, 2.24) is 28.5 Å². The Hall–Kier alpha value is -4.27. The summed E-state index contributed by atoms with van der Waals surface area (Å²) in [5.74, 6) is 0.819. The molecule has 0 unspecified atom stereocenters. The Morgan fingerprint density at radius 3 is 1.88 bits per heavy atom. The summed E-state index contributed by atoms with van der Waals surface area (Å²) in [7, 11) is 3.40. The number of fused-ring (bicyclic) bond motifs is 1. The van der Waals surface area contributed by atoms with Crippen LogP contribution in [0.25, 0.3) is 16.9 Å². The zero-order valence-corrected chi connectivity index (χ0v) is 23.7. The Morgan fingerprint density at radius 2 is 1.29 bits per heavy atom. The molecular weight excluding hydrogens is 512 g/mol. The highest BCUT2D eigenvalue weighted by Gasteiger charge is 2.26. The fourth-order valence-electron chi connectivity index (χ4n) is 6.03. The van der Waals surface area contributed by atoms with Crippen molar-refractivity contribution in [3.63, 3.8) is 0 Å². The maximum absolute atomic E-state index is 13.1. The zero-order chi connectivity index (χ0) is 28.3. The molecule has 1 saturated heterocycles. The van der Waals surface area contributed by atoms with Gasteiger partial charge in [-0.05, 0) is 36.2 Å². The summed E-state index contributed by atoms with van der Waals surface area (Å²) < 4.78 is 4.56. The third kappa shape index (κ3) is 5.28. The summed E-state index contributed by atoms with van der Waals surface area (Å²) in [6.07, 6.45) is 1.65. The number of imidazole rings is 1. The van der Waals surface area contributed by atoms with Crippen LogP contribution < -0.4 is 11.2 Å². The van der Waals surface area contributed by atoms with Gasteiger partial charge in [-0.1, -0.05) is 78.9 Å². The molecule has 8 nitrogen and oxygen atoms in total. The van der Waals surface area contributed by atoms with E-state index in [0.29, 0.717) is 16.9 Å². The number of aryl methyl sites for hydroxylation is 2. The molecular formula is C33H36N6O2. The van der Waals surface area contributed by atoms with Crippen LogP contribution in [0.2, 0.25) is 0 Å². The van der Waals surface area contributed by atoms with Crippen LogP contribution in [0, 0.1) is 0 Å². The lowest BCUT2D eigenvalue weighted by Crippen LogP contribution is -2.48. The van der Waals surface area contributed by atoms with Gasteiger partial charge in [-0.2, -0.15) is 0 Å². The highest BCUT2D eigenvalue weighted by atomic mass is 16.2. The van der Waals surface area contributed by atoms with E-state index in [1.165, 1.54) is 27.3 Å². The van der Waals surface area contributed by atoms with Crippen LogP contribution in [0.5, 0.6) is 0 Å². The molecule has 0 atom stereocenters. The van der Waals surface area contributed by atoms with Crippen LogP contribution in [0.3, 0.4) is 0 Å². The van der Waals surface area contributed by atoms with Crippen molar-refractivity contribution in [3.05, 3.63) is 129 Å². The second kappa shape index (κ2) is 11.7. The molecule has 0 saturated carbocycles. The second-order valence-corrected chi connectivity index (χ2v) is 10.8. The minimum atomic E-state index is -0.388. The number of nitrogens with zero attached hydrogens (tertiary/aromatic N) is 6. The molecule has 3 heterocycles. The van der Waals surface area contributed by atoms with Gasteiger partial charge < -0.3 is 9.47 Å². The quantitative estimate of drug-likeness (QED) is 0.295. The molecule has 0 aliphatic carbocycles. The summed E-state index contributed by atoms with van der Waals surface area (Å²) in [6.45, 7) is 4.97. The Kier molecular flexibility index (Phi) is 7.67. The van der Waals surface area contributed by atoms with Gasteiger partial charge in [0, 0.05) is 46.7 Å². The normalized spacial score (nSPS) is 14.7. The van der Waals surface area contributed by atoms with Crippen molar-refractivity contribution >= 4 is 11.2 Å². The van der Waals surface area contributed by atoms with E-state index in [0.717, 1.165) is 51.4 Å². The smallest absolute Gasteiger partial charge is 0.325 e. The first kappa shape index (κ1) is 26.9. The monoisotopic (exact) mass is 548 g/mol. The van der Waals surface area contributed by atoms with Crippen LogP contribution in [-0.4, -0.2) is 61.2 Å². The molecule has 8 heteroatoms. The SMILES string of the molecule is Cn1c(=O)c2c(nc(CCCN3CCN(C(c4ccccc4)c4ccccc4)CC3)n2C)n(-c2ccccc2)c1=O. The van der Waals surface area contributed by atoms with Crippen LogP contribution in [0.1, 0.15) is 29.4 Å². The van der Waals surface area contributed by atoms with Crippen LogP contribution in [0.15, 0.2) is 101 Å². The van der Waals surface area contributed by atoms with E-state index in [1.54, 1.807) is 0 Å². The molecule has 41 heavy (non-hydrogen) atoms. The maximum atomic E-state index is 13.1. The zero-order valence-electron chi connectivity index (χ0n) is 23.7. The van der Waals surface area contributed by atoms with Crippen molar-refractivity contribution in [2.24, 2.45) is 14.1 Å². The topological polar surface area (TPSA) is 68.3 Å². The lowest BCUT2D eigenvalue weighted by atomic mass is 9.96. The van der Waals surface area contributed by atoms with Crippen molar-refractivity contribution in [3.8, 4) is 5.69 Å².